The van der Waals surface area contributed by atoms with Crippen LogP contribution >= 0.6 is 0 Å². The molecule has 0 aromatic rings. The van der Waals surface area contributed by atoms with E-state index in [-0.39, 0.29) is 0 Å². The maximum atomic E-state index is 8.62. The van der Waals surface area contributed by atoms with Crippen LogP contribution in [-0.4, -0.2) is 20.1 Å². The molecule has 1 rings (SSSR count). The molecule has 0 radical (unpaired) electrons. The molecule has 0 aromatic carbocycles. The van der Waals surface area contributed by atoms with E-state index in [2.05, 4.69) is 0 Å². The molecule has 0 fully saturated rings. The molecular formula is C4H6OSe. The maximum absolute atomic E-state index is 8.62. The van der Waals surface area contributed by atoms with Gasteiger partial charge in [-0.15, -0.1) is 0 Å². The van der Waals surface area contributed by atoms with Crippen molar-refractivity contribution in [3.05, 3.63) is 10.7 Å². The van der Waals surface area contributed by atoms with E-state index in [1.807, 2.05) is 6.08 Å². The van der Waals surface area contributed by atoms with Gasteiger partial charge in [-0.3, -0.25) is 0 Å². The Balaban J connectivity index is 2.45. The Bertz CT molecular complexity index is 77.6. The molecule has 1 aliphatic rings. The van der Waals surface area contributed by atoms with Gasteiger partial charge in [0.15, 0.2) is 0 Å². The third-order valence-electron chi connectivity index (χ3n) is 0.687. The van der Waals surface area contributed by atoms with Gasteiger partial charge in [-0.1, -0.05) is 0 Å². The van der Waals surface area contributed by atoms with Crippen molar-refractivity contribution in [2.45, 2.75) is 11.7 Å². The molecule has 1 nitrogen and oxygen atoms in total. The summed E-state index contributed by atoms with van der Waals surface area (Å²) in [5, 5.41) is 9.83. The fourth-order valence-electron chi connectivity index (χ4n) is 0.405. The Morgan fingerprint density at radius 1 is 1.83 bits per heavy atom. The second kappa shape index (κ2) is 1.67. The minimum atomic E-state index is 0.444. The first-order valence-electron chi connectivity index (χ1n) is 1.91. The van der Waals surface area contributed by atoms with Crippen LogP contribution in [0.4, 0.5) is 0 Å². The summed E-state index contributed by atoms with van der Waals surface area (Å²) < 4.78 is 0.641. The SMILES string of the molecule is OC1=CCC[Se]1. The van der Waals surface area contributed by atoms with Gasteiger partial charge >= 0.3 is 42.5 Å². The van der Waals surface area contributed by atoms with Crippen LogP contribution in [0.5, 0.6) is 0 Å². The van der Waals surface area contributed by atoms with Gasteiger partial charge in [0.25, 0.3) is 0 Å². The molecule has 0 aromatic heterocycles. The van der Waals surface area contributed by atoms with Crippen LogP contribution in [0.1, 0.15) is 6.42 Å². The molecule has 0 saturated carbocycles. The average Bonchev–Trinajstić information content (AvgIpc) is 1.86. The third-order valence-corrected chi connectivity index (χ3v) is 2.58. The molecule has 34 valence electrons. The normalized spacial score (nSPS) is 21.0. The zero-order chi connectivity index (χ0) is 4.41. The predicted octanol–water partition coefficient (Wildman–Crippen LogP) is 0.912. The minimum absolute atomic E-state index is 0.444. The van der Waals surface area contributed by atoms with Crippen molar-refractivity contribution >= 4 is 15.0 Å². The molecule has 2 heteroatoms. The van der Waals surface area contributed by atoms with Gasteiger partial charge in [0.2, 0.25) is 0 Å². The van der Waals surface area contributed by atoms with Crippen molar-refractivity contribution in [3.8, 4) is 0 Å². The molecule has 0 unspecified atom stereocenters. The summed E-state index contributed by atoms with van der Waals surface area (Å²) >= 11 is 0.444. The van der Waals surface area contributed by atoms with Gasteiger partial charge in [0, 0.05) is 0 Å². The van der Waals surface area contributed by atoms with Gasteiger partial charge < -0.3 is 0 Å². The number of aliphatic hydroxyl groups is 1. The van der Waals surface area contributed by atoms with Crippen LogP contribution in [0.2, 0.25) is 5.32 Å². The summed E-state index contributed by atoms with van der Waals surface area (Å²) in [6.45, 7) is 0. The zero-order valence-electron chi connectivity index (χ0n) is 3.35. The van der Waals surface area contributed by atoms with Gasteiger partial charge in [-0.05, 0) is 0 Å². The van der Waals surface area contributed by atoms with Crippen LogP contribution in [0.3, 0.4) is 0 Å². The Labute approximate surface area is 43.2 Å². The van der Waals surface area contributed by atoms with Gasteiger partial charge in [0.05, 0.1) is 0 Å². The van der Waals surface area contributed by atoms with E-state index < -0.39 is 0 Å². The first-order valence-corrected chi connectivity index (χ1v) is 3.98. The second-order valence-corrected chi connectivity index (χ2v) is 3.52. The number of hydrogen-bond acceptors (Lipinski definition) is 1. The molecule has 1 N–H and O–H groups in total. The topological polar surface area (TPSA) is 20.2 Å². The molecule has 0 aliphatic carbocycles. The first kappa shape index (κ1) is 4.22. The third kappa shape index (κ3) is 0.762. The summed E-state index contributed by atoms with van der Waals surface area (Å²) in [7, 11) is 0. The summed E-state index contributed by atoms with van der Waals surface area (Å²) in [6, 6.07) is 0. The fourth-order valence-corrected chi connectivity index (χ4v) is 1.83. The van der Waals surface area contributed by atoms with Crippen molar-refractivity contribution in [2.24, 2.45) is 0 Å². The van der Waals surface area contributed by atoms with Crippen LogP contribution < -0.4 is 0 Å². The van der Waals surface area contributed by atoms with Crippen molar-refractivity contribution < 1.29 is 5.11 Å². The van der Waals surface area contributed by atoms with Crippen LogP contribution in [0.15, 0.2) is 10.7 Å². The molecule has 1 heterocycles. The number of rotatable bonds is 0. The first-order chi connectivity index (χ1) is 2.89. The zero-order valence-corrected chi connectivity index (χ0v) is 5.06. The van der Waals surface area contributed by atoms with Crippen LogP contribution in [-0.2, 0) is 0 Å². The fraction of sp³-hybridized carbons (Fsp3) is 0.500. The van der Waals surface area contributed by atoms with E-state index in [9.17, 15) is 0 Å². The van der Waals surface area contributed by atoms with Gasteiger partial charge in [0.1, 0.15) is 0 Å². The molecule has 0 bridgehead atoms. The predicted molar refractivity (Wildman–Crippen MR) is 25.9 cm³/mol. The molecule has 6 heavy (non-hydrogen) atoms. The Kier molecular flexibility index (Phi) is 1.18. The van der Waals surface area contributed by atoms with Crippen LogP contribution in [0, 0.1) is 0 Å². The van der Waals surface area contributed by atoms with Crippen molar-refractivity contribution in [1.82, 2.24) is 0 Å². The monoisotopic (exact) mass is 150 g/mol. The molecule has 0 spiro atoms. The Morgan fingerprint density at radius 2 is 2.67 bits per heavy atom. The van der Waals surface area contributed by atoms with Crippen LogP contribution in [0.25, 0.3) is 0 Å². The quantitative estimate of drug-likeness (QED) is 0.507. The number of aliphatic hydroxyl groups excluding tert-OH is 1. The Morgan fingerprint density at radius 3 is 2.83 bits per heavy atom. The van der Waals surface area contributed by atoms with E-state index >= 15 is 0 Å². The summed E-state index contributed by atoms with van der Waals surface area (Å²) in [4.78, 5) is 0. The Hall–Kier alpha value is 0.0595. The number of hydrogen-bond donors (Lipinski definition) is 1. The summed E-state index contributed by atoms with van der Waals surface area (Å²) in [6.07, 6.45) is 3.01. The standard InChI is InChI=1S/C4H6OSe/c5-4-2-1-3-6-4/h2,5H,1,3H2. The van der Waals surface area contributed by atoms with Crippen molar-refractivity contribution in [3.63, 3.8) is 0 Å². The van der Waals surface area contributed by atoms with E-state index in [0.29, 0.717) is 19.6 Å². The van der Waals surface area contributed by atoms with E-state index in [4.69, 9.17) is 5.11 Å². The van der Waals surface area contributed by atoms with E-state index in [1.54, 1.807) is 0 Å². The van der Waals surface area contributed by atoms with Gasteiger partial charge in [-0.2, -0.15) is 0 Å². The van der Waals surface area contributed by atoms with E-state index in [0.717, 1.165) is 6.42 Å². The van der Waals surface area contributed by atoms with Crippen molar-refractivity contribution in [1.29, 1.82) is 0 Å². The van der Waals surface area contributed by atoms with Gasteiger partial charge in [-0.25, -0.2) is 0 Å². The van der Waals surface area contributed by atoms with E-state index in [1.165, 1.54) is 5.32 Å². The summed E-state index contributed by atoms with van der Waals surface area (Å²) in [5.74, 6) is 0. The molecule has 0 atom stereocenters. The molecule has 0 amide bonds. The second-order valence-electron chi connectivity index (χ2n) is 1.18. The summed E-state index contributed by atoms with van der Waals surface area (Å²) in [5.41, 5.74) is 0. The molecule has 0 saturated heterocycles. The molecule has 1 aliphatic heterocycles. The molecular weight excluding hydrogens is 143 g/mol. The average molecular weight is 149 g/mol. The number of allylic oxidation sites excluding steroid dienone is 1. The van der Waals surface area contributed by atoms with Crippen molar-refractivity contribution in [2.75, 3.05) is 0 Å².